The van der Waals surface area contributed by atoms with Gasteiger partial charge in [0, 0.05) is 4.88 Å². The van der Waals surface area contributed by atoms with Gasteiger partial charge in [0.25, 0.3) is 0 Å². The van der Waals surface area contributed by atoms with E-state index in [4.69, 9.17) is 10.2 Å². The molecule has 0 aromatic carbocycles. The zero-order chi connectivity index (χ0) is 17.4. The Balaban J connectivity index is 1.54. The van der Waals surface area contributed by atoms with Gasteiger partial charge in [-0.3, -0.25) is 0 Å². The number of fused-ring (bicyclic) bond motifs is 1. The molecule has 4 heterocycles. The molecule has 0 spiro atoms. The minimum atomic E-state index is 0.480. The van der Waals surface area contributed by atoms with Gasteiger partial charge in [0.2, 0.25) is 5.16 Å². The van der Waals surface area contributed by atoms with E-state index < -0.39 is 0 Å². The highest BCUT2D eigenvalue weighted by Gasteiger charge is 2.14. The van der Waals surface area contributed by atoms with E-state index in [9.17, 15) is 0 Å². The summed E-state index contributed by atoms with van der Waals surface area (Å²) < 4.78 is 7.02. The molecule has 0 fully saturated rings. The Bertz CT molecular complexity index is 1020. The maximum absolute atomic E-state index is 6.13. The highest BCUT2D eigenvalue weighted by Crippen LogP contribution is 2.32. The molecule has 4 aromatic heterocycles. The summed E-state index contributed by atoms with van der Waals surface area (Å²) in [7, 11) is 0. The van der Waals surface area contributed by atoms with Gasteiger partial charge in [-0.25, -0.2) is 14.6 Å². The van der Waals surface area contributed by atoms with Gasteiger partial charge >= 0.3 is 0 Å². The molecule has 4 rings (SSSR count). The lowest BCUT2D eigenvalue weighted by molar-refractivity contribution is 0.462. The lowest BCUT2D eigenvalue weighted by Gasteiger charge is -2.04. The average molecular weight is 373 g/mol. The number of tetrazole rings is 1. The summed E-state index contributed by atoms with van der Waals surface area (Å²) in [6, 6.07) is 3.72. The Morgan fingerprint density at radius 3 is 3.00 bits per heavy atom. The predicted octanol–water partition coefficient (Wildman–Crippen LogP) is 2.81. The average Bonchev–Trinajstić information content (AvgIpc) is 3.29. The van der Waals surface area contributed by atoms with Crippen molar-refractivity contribution in [1.82, 2.24) is 30.2 Å². The van der Waals surface area contributed by atoms with Crippen LogP contribution in [0.1, 0.15) is 22.0 Å². The molecule has 0 amide bonds. The fraction of sp³-hybridized carbons (Fsp3) is 0.267. The van der Waals surface area contributed by atoms with E-state index in [0.717, 1.165) is 21.5 Å². The molecule has 0 bridgehead atoms. The van der Waals surface area contributed by atoms with Gasteiger partial charge in [-0.15, -0.1) is 16.4 Å². The minimum Gasteiger partial charge on any atom is -0.467 e. The number of thioether (sulfide) groups is 1. The summed E-state index contributed by atoms with van der Waals surface area (Å²) in [5.74, 6) is 2.52. The molecule has 0 saturated heterocycles. The van der Waals surface area contributed by atoms with Crippen molar-refractivity contribution in [2.75, 3.05) is 5.73 Å². The Labute approximate surface area is 151 Å². The van der Waals surface area contributed by atoms with Crippen molar-refractivity contribution < 1.29 is 4.42 Å². The van der Waals surface area contributed by atoms with Crippen LogP contribution in [-0.2, 0) is 12.3 Å². The van der Waals surface area contributed by atoms with Crippen molar-refractivity contribution in [2.24, 2.45) is 0 Å². The van der Waals surface area contributed by atoms with Crippen LogP contribution in [0.25, 0.3) is 10.2 Å². The van der Waals surface area contributed by atoms with E-state index in [1.165, 1.54) is 16.6 Å². The van der Waals surface area contributed by atoms with E-state index >= 15 is 0 Å². The van der Waals surface area contributed by atoms with E-state index in [-0.39, 0.29) is 0 Å². The van der Waals surface area contributed by atoms with Crippen molar-refractivity contribution >= 4 is 39.1 Å². The number of aryl methyl sites for hydroxylation is 2. The SMILES string of the molecule is Cc1sc2nc(CSc3nnnn3Cc3ccco3)nc(N)c2c1C. The third-order valence-corrected chi connectivity index (χ3v) is 5.87. The van der Waals surface area contributed by atoms with Crippen molar-refractivity contribution in [2.45, 2.75) is 31.3 Å². The van der Waals surface area contributed by atoms with E-state index in [2.05, 4.69) is 32.4 Å². The monoisotopic (exact) mass is 373 g/mol. The van der Waals surface area contributed by atoms with Crippen molar-refractivity contribution in [3.8, 4) is 0 Å². The largest absolute Gasteiger partial charge is 0.467 e. The van der Waals surface area contributed by atoms with Crippen LogP contribution >= 0.6 is 23.1 Å². The highest BCUT2D eigenvalue weighted by atomic mass is 32.2. The number of rotatable bonds is 5. The third kappa shape index (κ3) is 3.10. The number of furan rings is 1. The number of hydrogen-bond acceptors (Lipinski definition) is 9. The number of thiophene rings is 1. The molecule has 2 N–H and O–H groups in total. The number of nitrogen functional groups attached to an aromatic ring is 1. The normalized spacial score (nSPS) is 11.4. The number of nitrogens with zero attached hydrogens (tertiary/aromatic N) is 6. The summed E-state index contributed by atoms with van der Waals surface area (Å²) in [5.41, 5.74) is 7.28. The summed E-state index contributed by atoms with van der Waals surface area (Å²) in [4.78, 5) is 11.2. The zero-order valence-corrected chi connectivity index (χ0v) is 15.3. The fourth-order valence-electron chi connectivity index (χ4n) is 2.47. The van der Waals surface area contributed by atoms with Gasteiger partial charge in [-0.2, -0.15) is 0 Å². The number of aromatic nitrogens is 6. The number of nitrogens with two attached hydrogens (primary N) is 1. The van der Waals surface area contributed by atoms with Crippen LogP contribution < -0.4 is 5.73 Å². The van der Waals surface area contributed by atoms with Crippen LogP contribution in [0.4, 0.5) is 5.82 Å². The first-order chi connectivity index (χ1) is 12.1. The molecule has 128 valence electrons. The molecule has 0 aliphatic rings. The van der Waals surface area contributed by atoms with Crippen LogP contribution in [0.15, 0.2) is 28.0 Å². The maximum atomic E-state index is 6.13. The molecule has 8 nitrogen and oxygen atoms in total. The summed E-state index contributed by atoms with van der Waals surface area (Å²) in [6.45, 7) is 4.59. The molecule has 10 heteroatoms. The van der Waals surface area contributed by atoms with Crippen LogP contribution in [0.5, 0.6) is 0 Å². The molecular weight excluding hydrogens is 358 g/mol. The number of hydrogen-bond donors (Lipinski definition) is 1. The fourth-order valence-corrected chi connectivity index (χ4v) is 4.26. The Morgan fingerprint density at radius 2 is 2.20 bits per heavy atom. The van der Waals surface area contributed by atoms with Gasteiger partial charge < -0.3 is 10.2 Å². The molecule has 0 atom stereocenters. The Morgan fingerprint density at radius 1 is 1.32 bits per heavy atom. The van der Waals surface area contributed by atoms with Crippen LogP contribution in [-0.4, -0.2) is 30.2 Å². The lowest BCUT2D eigenvalue weighted by Crippen LogP contribution is -2.04. The quantitative estimate of drug-likeness (QED) is 0.532. The van der Waals surface area contributed by atoms with Crippen LogP contribution in [0, 0.1) is 13.8 Å². The molecular formula is C15H15N7OS2. The summed E-state index contributed by atoms with van der Waals surface area (Å²) in [6.07, 6.45) is 1.63. The van der Waals surface area contributed by atoms with Crippen molar-refractivity contribution in [1.29, 1.82) is 0 Å². The third-order valence-electron chi connectivity index (χ3n) is 3.82. The van der Waals surface area contributed by atoms with Crippen molar-refractivity contribution in [3.63, 3.8) is 0 Å². The van der Waals surface area contributed by atoms with E-state index in [1.807, 2.05) is 19.1 Å². The number of anilines is 1. The first-order valence-corrected chi connectivity index (χ1v) is 9.35. The molecule has 4 aromatic rings. The summed E-state index contributed by atoms with van der Waals surface area (Å²) in [5, 5.41) is 13.4. The Hall–Kier alpha value is -2.46. The minimum absolute atomic E-state index is 0.480. The first-order valence-electron chi connectivity index (χ1n) is 7.55. The Kier molecular flexibility index (Phi) is 4.14. The van der Waals surface area contributed by atoms with Crippen molar-refractivity contribution in [3.05, 3.63) is 40.4 Å². The van der Waals surface area contributed by atoms with Gasteiger partial charge in [-0.05, 0) is 42.0 Å². The molecule has 0 radical (unpaired) electrons. The standard InChI is InChI=1S/C15H15N7OS2/c1-8-9(2)25-14-12(8)13(16)17-11(18-14)7-24-15-19-20-21-22(15)6-10-4-3-5-23-10/h3-5H,6-7H2,1-2H3,(H2,16,17,18). The topological polar surface area (TPSA) is 109 Å². The van der Waals surface area contributed by atoms with Crippen LogP contribution in [0.3, 0.4) is 0 Å². The smallest absolute Gasteiger partial charge is 0.210 e. The van der Waals surface area contributed by atoms with Crippen LogP contribution in [0.2, 0.25) is 0 Å². The second-order valence-corrected chi connectivity index (χ2v) is 7.62. The first kappa shape index (κ1) is 16.0. The van der Waals surface area contributed by atoms with Gasteiger partial charge in [0.05, 0.1) is 17.4 Å². The predicted molar refractivity (Wildman–Crippen MR) is 96.5 cm³/mol. The van der Waals surface area contributed by atoms with Gasteiger partial charge in [-0.1, -0.05) is 11.8 Å². The van der Waals surface area contributed by atoms with Gasteiger partial charge in [0.15, 0.2) is 0 Å². The molecule has 0 aliphatic heterocycles. The molecule has 0 aliphatic carbocycles. The lowest BCUT2D eigenvalue weighted by atomic mass is 10.2. The zero-order valence-electron chi connectivity index (χ0n) is 13.6. The highest BCUT2D eigenvalue weighted by molar-refractivity contribution is 7.98. The second-order valence-electron chi connectivity index (χ2n) is 5.48. The van der Waals surface area contributed by atoms with E-state index in [1.54, 1.807) is 22.3 Å². The van der Waals surface area contributed by atoms with E-state index in [0.29, 0.717) is 29.1 Å². The maximum Gasteiger partial charge on any atom is 0.210 e. The summed E-state index contributed by atoms with van der Waals surface area (Å²) >= 11 is 3.10. The van der Waals surface area contributed by atoms with Gasteiger partial charge in [0.1, 0.15) is 28.8 Å². The molecule has 0 unspecified atom stereocenters. The molecule has 25 heavy (non-hydrogen) atoms. The second kappa shape index (κ2) is 6.45. The molecule has 0 saturated carbocycles.